The molecule has 2 aliphatic rings. The third-order valence-electron chi connectivity index (χ3n) is 3.98. The van der Waals surface area contributed by atoms with Gasteiger partial charge in [0.2, 0.25) is 0 Å². The summed E-state index contributed by atoms with van der Waals surface area (Å²) < 4.78 is 0. The number of carboxylic acids is 1. The molecular weight excluding hydrogens is 232 g/mol. The molecule has 2 fully saturated rings. The zero-order valence-electron chi connectivity index (χ0n) is 10.9. The van der Waals surface area contributed by atoms with E-state index in [4.69, 9.17) is 0 Å². The maximum atomic E-state index is 12.2. The van der Waals surface area contributed by atoms with Crippen molar-refractivity contribution in [2.24, 2.45) is 5.92 Å². The van der Waals surface area contributed by atoms with Crippen molar-refractivity contribution in [2.75, 3.05) is 6.54 Å². The number of amides is 2. The Labute approximate surface area is 108 Å². The third kappa shape index (κ3) is 3.15. The van der Waals surface area contributed by atoms with Crippen molar-refractivity contribution in [1.29, 1.82) is 0 Å². The summed E-state index contributed by atoms with van der Waals surface area (Å²) in [6.07, 6.45) is 5.70. The van der Waals surface area contributed by atoms with E-state index in [2.05, 4.69) is 5.32 Å². The molecule has 0 bridgehead atoms. The molecule has 1 aliphatic heterocycles. The van der Waals surface area contributed by atoms with Crippen molar-refractivity contribution in [3.8, 4) is 0 Å². The topological polar surface area (TPSA) is 69.6 Å². The van der Waals surface area contributed by atoms with Crippen LogP contribution in [-0.4, -0.2) is 40.6 Å². The number of rotatable bonds is 3. The molecule has 0 aromatic heterocycles. The molecule has 2 atom stereocenters. The maximum Gasteiger partial charge on any atom is 0.326 e. The first kappa shape index (κ1) is 13.2. The molecule has 1 aliphatic carbocycles. The molecule has 2 rings (SSSR count). The summed E-state index contributed by atoms with van der Waals surface area (Å²) >= 11 is 0. The van der Waals surface area contributed by atoms with Crippen LogP contribution >= 0.6 is 0 Å². The Morgan fingerprint density at radius 1 is 1.22 bits per heavy atom. The minimum atomic E-state index is -0.883. The number of urea groups is 1. The Balaban J connectivity index is 1.97. The molecule has 5 heteroatoms. The first-order valence-electron chi connectivity index (χ1n) is 6.89. The highest BCUT2D eigenvalue weighted by molar-refractivity contribution is 5.82. The number of likely N-dealkylation sites (tertiary alicyclic amines) is 1. The number of carboxylic acid groups (broad SMARTS) is 1. The smallest absolute Gasteiger partial charge is 0.326 e. The summed E-state index contributed by atoms with van der Waals surface area (Å²) in [6, 6.07) is -0.696. The van der Waals surface area contributed by atoms with Crippen molar-refractivity contribution in [3.05, 3.63) is 0 Å². The summed E-state index contributed by atoms with van der Waals surface area (Å²) in [5, 5.41) is 12.2. The lowest BCUT2D eigenvalue weighted by atomic mass is 10.1. The van der Waals surface area contributed by atoms with E-state index in [1.165, 1.54) is 17.7 Å². The number of carbonyl (C=O) groups excluding carboxylic acids is 1. The monoisotopic (exact) mass is 254 g/mol. The molecule has 0 radical (unpaired) electrons. The van der Waals surface area contributed by atoms with Crippen molar-refractivity contribution >= 4 is 12.0 Å². The van der Waals surface area contributed by atoms with Crippen LogP contribution in [0.2, 0.25) is 0 Å². The first-order chi connectivity index (χ1) is 8.59. The summed E-state index contributed by atoms with van der Waals surface area (Å²) in [5.74, 6) is -0.296. The molecule has 1 saturated heterocycles. The largest absolute Gasteiger partial charge is 0.480 e. The highest BCUT2D eigenvalue weighted by Crippen LogP contribution is 2.32. The molecule has 0 aromatic carbocycles. The van der Waals surface area contributed by atoms with Crippen molar-refractivity contribution in [2.45, 2.75) is 57.5 Å². The number of nitrogens with one attached hydrogen (secondary N) is 1. The summed E-state index contributed by atoms with van der Waals surface area (Å²) in [6.45, 7) is 2.56. The number of aliphatic carboxylic acids is 1. The molecule has 1 heterocycles. The molecular formula is C13H22N2O3. The average molecular weight is 254 g/mol. The number of hydrogen-bond donors (Lipinski definition) is 2. The zero-order chi connectivity index (χ0) is 13.1. The molecule has 102 valence electrons. The van der Waals surface area contributed by atoms with Gasteiger partial charge < -0.3 is 15.3 Å². The minimum Gasteiger partial charge on any atom is -0.480 e. The lowest BCUT2D eigenvalue weighted by Gasteiger charge is -2.28. The molecule has 1 saturated carbocycles. The van der Waals surface area contributed by atoms with Gasteiger partial charge in [-0.3, -0.25) is 0 Å². The van der Waals surface area contributed by atoms with Crippen LogP contribution in [-0.2, 0) is 4.79 Å². The van der Waals surface area contributed by atoms with Crippen LogP contribution in [0.1, 0.15) is 45.4 Å². The lowest BCUT2D eigenvalue weighted by molar-refractivity contribution is -0.142. The van der Waals surface area contributed by atoms with Crippen molar-refractivity contribution in [3.63, 3.8) is 0 Å². The summed E-state index contributed by atoms with van der Waals surface area (Å²) in [5.41, 5.74) is 0. The van der Waals surface area contributed by atoms with E-state index in [0.29, 0.717) is 18.9 Å². The van der Waals surface area contributed by atoms with Crippen LogP contribution in [0, 0.1) is 5.92 Å². The van der Waals surface area contributed by atoms with E-state index in [1.807, 2.05) is 6.92 Å². The van der Waals surface area contributed by atoms with Gasteiger partial charge in [0.05, 0.1) is 0 Å². The summed E-state index contributed by atoms with van der Waals surface area (Å²) in [7, 11) is 0. The standard InChI is InChI=1S/C13H22N2O3/c1-9(10-6-7-10)14-13(18)15-8-4-2-3-5-11(15)12(16)17/h9-11H,2-8H2,1H3,(H,14,18)(H,16,17). The Morgan fingerprint density at radius 2 is 1.94 bits per heavy atom. The quantitative estimate of drug-likeness (QED) is 0.807. The Hall–Kier alpha value is -1.26. The second kappa shape index (κ2) is 5.59. The van der Waals surface area contributed by atoms with Gasteiger partial charge in [0, 0.05) is 12.6 Å². The van der Waals surface area contributed by atoms with Crippen LogP contribution in [0.25, 0.3) is 0 Å². The van der Waals surface area contributed by atoms with Gasteiger partial charge in [-0.1, -0.05) is 12.8 Å². The van der Waals surface area contributed by atoms with E-state index >= 15 is 0 Å². The zero-order valence-corrected chi connectivity index (χ0v) is 10.9. The van der Waals surface area contributed by atoms with E-state index in [-0.39, 0.29) is 12.1 Å². The fourth-order valence-electron chi connectivity index (χ4n) is 2.60. The van der Waals surface area contributed by atoms with Crippen LogP contribution in [0.3, 0.4) is 0 Å². The number of nitrogens with zero attached hydrogens (tertiary/aromatic N) is 1. The van der Waals surface area contributed by atoms with Crippen LogP contribution in [0.4, 0.5) is 4.79 Å². The minimum absolute atomic E-state index is 0.162. The fourth-order valence-corrected chi connectivity index (χ4v) is 2.60. The van der Waals surface area contributed by atoms with Crippen molar-refractivity contribution in [1.82, 2.24) is 10.2 Å². The SMILES string of the molecule is CC(NC(=O)N1CCCCCC1C(=O)O)C1CC1. The molecule has 2 N–H and O–H groups in total. The van der Waals surface area contributed by atoms with Gasteiger partial charge in [-0.05, 0) is 38.5 Å². The van der Waals surface area contributed by atoms with Crippen LogP contribution < -0.4 is 5.32 Å². The molecule has 2 amide bonds. The molecule has 0 aromatic rings. The van der Waals surface area contributed by atoms with E-state index < -0.39 is 12.0 Å². The van der Waals surface area contributed by atoms with Gasteiger partial charge in [-0.25, -0.2) is 9.59 Å². The van der Waals surface area contributed by atoms with Crippen LogP contribution in [0.5, 0.6) is 0 Å². The second-order valence-corrected chi connectivity index (χ2v) is 5.47. The fraction of sp³-hybridized carbons (Fsp3) is 0.846. The second-order valence-electron chi connectivity index (χ2n) is 5.47. The van der Waals surface area contributed by atoms with Crippen LogP contribution in [0.15, 0.2) is 0 Å². The van der Waals surface area contributed by atoms with Gasteiger partial charge in [-0.15, -0.1) is 0 Å². The maximum absolute atomic E-state index is 12.2. The van der Waals surface area contributed by atoms with E-state index in [0.717, 1.165) is 19.3 Å². The van der Waals surface area contributed by atoms with E-state index in [1.54, 1.807) is 0 Å². The normalized spacial score (nSPS) is 26.3. The first-order valence-corrected chi connectivity index (χ1v) is 6.89. The Bertz CT molecular complexity index is 328. The number of hydrogen-bond acceptors (Lipinski definition) is 2. The van der Waals surface area contributed by atoms with Gasteiger partial charge in [-0.2, -0.15) is 0 Å². The molecule has 5 nitrogen and oxygen atoms in total. The van der Waals surface area contributed by atoms with Gasteiger partial charge in [0.15, 0.2) is 0 Å². The van der Waals surface area contributed by atoms with Gasteiger partial charge in [0.1, 0.15) is 6.04 Å². The van der Waals surface area contributed by atoms with Gasteiger partial charge >= 0.3 is 12.0 Å². The average Bonchev–Trinajstić information content (AvgIpc) is 3.15. The summed E-state index contributed by atoms with van der Waals surface area (Å²) in [4.78, 5) is 24.9. The Morgan fingerprint density at radius 3 is 2.56 bits per heavy atom. The molecule has 2 unspecified atom stereocenters. The molecule has 18 heavy (non-hydrogen) atoms. The third-order valence-corrected chi connectivity index (χ3v) is 3.98. The van der Waals surface area contributed by atoms with Gasteiger partial charge in [0.25, 0.3) is 0 Å². The predicted molar refractivity (Wildman–Crippen MR) is 67.3 cm³/mol. The molecule has 0 spiro atoms. The number of carbonyl (C=O) groups is 2. The van der Waals surface area contributed by atoms with E-state index in [9.17, 15) is 14.7 Å². The highest BCUT2D eigenvalue weighted by atomic mass is 16.4. The lowest BCUT2D eigenvalue weighted by Crippen LogP contribution is -2.51. The Kier molecular flexibility index (Phi) is 4.09. The predicted octanol–water partition coefficient (Wildman–Crippen LogP) is 1.82. The highest BCUT2D eigenvalue weighted by Gasteiger charge is 2.34. The van der Waals surface area contributed by atoms with Crippen molar-refractivity contribution < 1.29 is 14.7 Å².